The molecule has 0 aromatic carbocycles. The maximum absolute atomic E-state index is 12.4. The summed E-state index contributed by atoms with van der Waals surface area (Å²) in [5, 5.41) is 0. The monoisotopic (exact) mass is 313 g/mol. The van der Waals surface area contributed by atoms with Gasteiger partial charge in [-0.3, -0.25) is 4.79 Å². The molecule has 0 fully saturated rings. The Kier molecular flexibility index (Phi) is 3.19. The number of pyridine rings is 1. The van der Waals surface area contributed by atoms with Gasteiger partial charge in [0.05, 0.1) is 5.56 Å². The van der Waals surface area contributed by atoms with Gasteiger partial charge in [0.15, 0.2) is 0 Å². The number of aromatic nitrogens is 1. The number of hydrogen-bond acceptors (Lipinski definition) is 3. The molecule has 0 aliphatic carbocycles. The summed E-state index contributed by atoms with van der Waals surface area (Å²) >= 11 is 1.71. The van der Waals surface area contributed by atoms with Crippen LogP contribution in [-0.4, -0.2) is 10.9 Å². The SMILES string of the molecule is NC(=O)c1c(I)cc(N)nc1C(F)F. The molecule has 1 aromatic heterocycles. The van der Waals surface area contributed by atoms with Gasteiger partial charge >= 0.3 is 0 Å². The lowest BCUT2D eigenvalue weighted by molar-refractivity contribution is 0.0982. The van der Waals surface area contributed by atoms with Crippen LogP contribution < -0.4 is 11.5 Å². The topological polar surface area (TPSA) is 82.0 Å². The maximum Gasteiger partial charge on any atom is 0.281 e. The lowest BCUT2D eigenvalue weighted by Gasteiger charge is -2.07. The predicted octanol–water partition coefficient (Wildman–Crippen LogP) is 1.30. The van der Waals surface area contributed by atoms with Gasteiger partial charge < -0.3 is 11.5 Å². The van der Waals surface area contributed by atoms with E-state index in [2.05, 4.69) is 4.98 Å². The Morgan fingerprint density at radius 3 is 2.57 bits per heavy atom. The van der Waals surface area contributed by atoms with Crippen molar-refractivity contribution in [2.45, 2.75) is 6.43 Å². The first-order valence-corrected chi connectivity index (χ1v) is 4.55. The van der Waals surface area contributed by atoms with Crippen LogP contribution in [0.3, 0.4) is 0 Å². The second kappa shape index (κ2) is 4.03. The fraction of sp³-hybridized carbons (Fsp3) is 0.143. The molecule has 76 valence electrons. The van der Waals surface area contributed by atoms with Crippen LogP contribution in [0.1, 0.15) is 22.5 Å². The van der Waals surface area contributed by atoms with Crippen molar-refractivity contribution in [3.8, 4) is 0 Å². The van der Waals surface area contributed by atoms with Crippen LogP contribution in [0.25, 0.3) is 0 Å². The fourth-order valence-corrected chi connectivity index (χ4v) is 1.81. The highest BCUT2D eigenvalue weighted by molar-refractivity contribution is 14.1. The summed E-state index contributed by atoms with van der Waals surface area (Å²) in [7, 11) is 0. The molecule has 1 amide bonds. The first-order chi connectivity index (χ1) is 6.43. The first kappa shape index (κ1) is 11.1. The normalized spacial score (nSPS) is 10.6. The van der Waals surface area contributed by atoms with E-state index in [-0.39, 0.29) is 15.0 Å². The molecule has 7 heteroatoms. The highest BCUT2D eigenvalue weighted by atomic mass is 127. The maximum atomic E-state index is 12.4. The van der Waals surface area contributed by atoms with E-state index in [4.69, 9.17) is 11.5 Å². The van der Waals surface area contributed by atoms with Gasteiger partial charge in [0.25, 0.3) is 12.3 Å². The lowest BCUT2D eigenvalue weighted by Crippen LogP contribution is -2.17. The number of halogens is 3. The van der Waals surface area contributed by atoms with Gasteiger partial charge in [0.1, 0.15) is 11.5 Å². The Bertz CT molecular complexity index is 383. The van der Waals surface area contributed by atoms with Gasteiger partial charge in [0, 0.05) is 3.57 Å². The second-order valence-corrected chi connectivity index (χ2v) is 3.62. The van der Waals surface area contributed by atoms with Gasteiger partial charge in [-0.15, -0.1) is 0 Å². The Balaban J connectivity index is 3.44. The summed E-state index contributed by atoms with van der Waals surface area (Å²) in [6, 6.07) is 1.31. The van der Waals surface area contributed by atoms with Crippen LogP contribution in [0.15, 0.2) is 6.07 Å². The molecule has 1 rings (SSSR count). The van der Waals surface area contributed by atoms with Gasteiger partial charge in [0.2, 0.25) is 0 Å². The van der Waals surface area contributed by atoms with Crippen molar-refractivity contribution in [3.05, 3.63) is 20.9 Å². The zero-order valence-corrected chi connectivity index (χ0v) is 8.96. The third-order valence-electron chi connectivity index (χ3n) is 1.47. The van der Waals surface area contributed by atoms with Crippen molar-refractivity contribution in [1.82, 2.24) is 4.98 Å². The molecule has 0 spiro atoms. The molecule has 1 aromatic rings. The van der Waals surface area contributed by atoms with Crippen LogP contribution in [0.4, 0.5) is 14.6 Å². The van der Waals surface area contributed by atoms with Crippen molar-refractivity contribution in [1.29, 1.82) is 0 Å². The average molecular weight is 313 g/mol. The molecular formula is C7H6F2IN3O. The van der Waals surface area contributed by atoms with E-state index < -0.39 is 18.0 Å². The van der Waals surface area contributed by atoms with Crippen LogP contribution in [0, 0.1) is 3.57 Å². The third-order valence-corrected chi connectivity index (χ3v) is 2.32. The quantitative estimate of drug-likeness (QED) is 0.808. The predicted molar refractivity (Wildman–Crippen MR) is 54.8 cm³/mol. The molecule has 0 aliphatic rings. The summed E-state index contributed by atoms with van der Waals surface area (Å²) < 4.78 is 25.1. The number of anilines is 1. The molecule has 0 bridgehead atoms. The Hall–Kier alpha value is -0.990. The third kappa shape index (κ3) is 2.08. The Morgan fingerprint density at radius 1 is 1.57 bits per heavy atom. The van der Waals surface area contributed by atoms with Gasteiger partial charge in [-0.2, -0.15) is 0 Å². The molecule has 0 saturated heterocycles. The van der Waals surface area contributed by atoms with Crippen LogP contribution >= 0.6 is 22.6 Å². The minimum absolute atomic E-state index is 0.0605. The number of rotatable bonds is 2. The second-order valence-electron chi connectivity index (χ2n) is 2.45. The minimum Gasteiger partial charge on any atom is -0.384 e. The summed E-state index contributed by atoms with van der Waals surface area (Å²) in [6.45, 7) is 0. The van der Waals surface area contributed by atoms with E-state index in [0.29, 0.717) is 0 Å². The van der Waals surface area contributed by atoms with Gasteiger partial charge in [-0.25, -0.2) is 13.8 Å². The lowest BCUT2D eigenvalue weighted by atomic mass is 10.2. The van der Waals surface area contributed by atoms with E-state index in [9.17, 15) is 13.6 Å². The summed E-state index contributed by atoms with van der Waals surface area (Å²) in [5.74, 6) is -0.994. The van der Waals surface area contributed by atoms with Crippen LogP contribution in [0.2, 0.25) is 0 Å². The van der Waals surface area contributed by atoms with Crippen LogP contribution in [0.5, 0.6) is 0 Å². The number of nitrogens with two attached hydrogens (primary N) is 2. The smallest absolute Gasteiger partial charge is 0.281 e. The van der Waals surface area contributed by atoms with Crippen LogP contribution in [-0.2, 0) is 0 Å². The zero-order chi connectivity index (χ0) is 10.9. The minimum atomic E-state index is -2.87. The molecule has 0 unspecified atom stereocenters. The highest BCUT2D eigenvalue weighted by Crippen LogP contribution is 2.25. The molecule has 0 atom stereocenters. The van der Waals surface area contributed by atoms with E-state index >= 15 is 0 Å². The number of nitrogens with zero attached hydrogens (tertiary/aromatic N) is 1. The number of hydrogen-bond donors (Lipinski definition) is 2. The molecule has 14 heavy (non-hydrogen) atoms. The van der Waals surface area contributed by atoms with Crippen molar-refractivity contribution < 1.29 is 13.6 Å². The molecule has 1 heterocycles. The molecule has 0 saturated carbocycles. The molecule has 4 N–H and O–H groups in total. The number of carbonyl (C=O) groups is 1. The fourth-order valence-electron chi connectivity index (χ4n) is 0.953. The Morgan fingerprint density at radius 2 is 2.14 bits per heavy atom. The van der Waals surface area contributed by atoms with E-state index in [1.165, 1.54) is 6.07 Å². The first-order valence-electron chi connectivity index (χ1n) is 3.47. The van der Waals surface area contributed by atoms with E-state index in [1.807, 2.05) is 0 Å². The van der Waals surface area contributed by atoms with Gasteiger partial charge in [-0.05, 0) is 28.7 Å². The molecule has 0 radical (unpaired) electrons. The summed E-state index contributed by atoms with van der Waals surface area (Å²) in [5.41, 5.74) is 9.28. The van der Waals surface area contributed by atoms with Crippen molar-refractivity contribution in [3.63, 3.8) is 0 Å². The summed E-state index contributed by atoms with van der Waals surface area (Å²) in [4.78, 5) is 14.2. The number of amides is 1. The van der Waals surface area contributed by atoms with Gasteiger partial charge in [-0.1, -0.05) is 0 Å². The molecular weight excluding hydrogens is 307 g/mol. The Labute approximate surface area is 91.8 Å². The number of carbonyl (C=O) groups excluding carboxylic acids is 1. The summed E-state index contributed by atoms with van der Waals surface area (Å²) in [6.07, 6.45) is -2.87. The van der Waals surface area contributed by atoms with Crippen molar-refractivity contribution in [2.75, 3.05) is 5.73 Å². The number of nitrogen functional groups attached to an aromatic ring is 1. The molecule has 4 nitrogen and oxygen atoms in total. The van der Waals surface area contributed by atoms with Crippen molar-refractivity contribution >= 4 is 34.3 Å². The molecule has 0 aliphatic heterocycles. The van der Waals surface area contributed by atoms with E-state index in [0.717, 1.165) is 0 Å². The standard InChI is InChI=1S/C7H6F2IN3O/c8-6(9)5-4(7(12)14)2(10)1-3(11)13-5/h1,6H,(H2,11,13)(H2,12,14). The van der Waals surface area contributed by atoms with Crippen molar-refractivity contribution in [2.24, 2.45) is 5.73 Å². The highest BCUT2D eigenvalue weighted by Gasteiger charge is 2.21. The number of primary amides is 1. The largest absolute Gasteiger partial charge is 0.384 e. The zero-order valence-electron chi connectivity index (χ0n) is 6.80. The van der Waals surface area contributed by atoms with E-state index in [1.54, 1.807) is 22.6 Å². The average Bonchev–Trinajstić information content (AvgIpc) is 2.01. The number of alkyl halides is 2.